The maximum absolute atomic E-state index is 4.37. The van der Waals surface area contributed by atoms with Crippen molar-refractivity contribution in [1.29, 1.82) is 0 Å². The van der Waals surface area contributed by atoms with Crippen molar-refractivity contribution in [1.82, 2.24) is 0 Å². The van der Waals surface area contributed by atoms with E-state index in [1.807, 2.05) is 0 Å². The van der Waals surface area contributed by atoms with E-state index in [4.69, 9.17) is 0 Å². The van der Waals surface area contributed by atoms with Crippen LogP contribution < -0.4 is 18.9 Å². The molecule has 3 unspecified atom stereocenters. The predicted molar refractivity (Wildman–Crippen MR) is 64.0 cm³/mol. The molecule has 0 aromatic heterocycles. The minimum absolute atomic E-state index is 0. The van der Waals surface area contributed by atoms with Gasteiger partial charge in [0.15, 0.2) is 0 Å². The standard InChI is InChI=1S/C14H25.Li/c1-6-7-8-12-9-10-14(4,5)13(12)11(2)3;/h12-13H,2,4,6-10H2,1,3,5H3;/q-1;+1. The fourth-order valence-electron chi connectivity index (χ4n) is 3.18. The SMILES string of the molecule is C=C(C)C1C(CCCC)CCC1([CH2-])C.[Li+]. The van der Waals surface area contributed by atoms with Gasteiger partial charge in [0, 0.05) is 0 Å². The Labute approximate surface area is 108 Å². The zero-order valence-electron chi connectivity index (χ0n) is 11.1. The smallest absolute Gasteiger partial charge is 0.337 e. The molecule has 0 aromatic carbocycles. The molecule has 3 atom stereocenters. The third kappa shape index (κ3) is 3.68. The molecule has 0 saturated heterocycles. The first-order valence-corrected chi connectivity index (χ1v) is 5.99. The first-order chi connectivity index (χ1) is 6.49. The zero-order chi connectivity index (χ0) is 10.8. The second-order valence-electron chi connectivity index (χ2n) is 5.42. The summed E-state index contributed by atoms with van der Waals surface area (Å²) in [7, 11) is 0. The van der Waals surface area contributed by atoms with Crippen molar-refractivity contribution >= 4 is 0 Å². The molecule has 1 aliphatic carbocycles. The largest absolute Gasteiger partial charge is 1.00 e. The maximum Gasteiger partial charge on any atom is 1.00 e. The third-order valence-corrected chi connectivity index (χ3v) is 3.77. The summed E-state index contributed by atoms with van der Waals surface area (Å²) >= 11 is 0. The molecular formula is C14H25Li. The Hall–Kier alpha value is 0.337. The minimum Gasteiger partial charge on any atom is -0.337 e. The minimum atomic E-state index is 0. The van der Waals surface area contributed by atoms with Crippen LogP contribution in [0.5, 0.6) is 0 Å². The summed E-state index contributed by atoms with van der Waals surface area (Å²) in [4.78, 5) is 0. The molecule has 1 fully saturated rings. The van der Waals surface area contributed by atoms with E-state index in [2.05, 4.69) is 34.3 Å². The predicted octanol–water partition coefficient (Wildman–Crippen LogP) is 1.62. The monoisotopic (exact) mass is 200 g/mol. The van der Waals surface area contributed by atoms with Crippen LogP contribution in [0.25, 0.3) is 0 Å². The summed E-state index contributed by atoms with van der Waals surface area (Å²) in [5.41, 5.74) is 1.60. The van der Waals surface area contributed by atoms with Gasteiger partial charge in [0.2, 0.25) is 0 Å². The van der Waals surface area contributed by atoms with Gasteiger partial charge in [-0.1, -0.05) is 51.7 Å². The van der Waals surface area contributed by atoms with E-state index in [0.29, 0.717) is 5.92 Å². The van der Waals surface area contributed by atoms with E-state index >= 15 is 0 Å². The van der Waals surface area contributed by atoms with Crippen molar-refractivity contribution in [2.24, 2.45) is 17.3 Å². The first-order valence-electron chi connectivity index (χ1n) is 5.99. The van der Waals surface area contributed by atoms with Gasteiger partial charge in [-0.2, -0.15) is 5.41 Å². The molecule has 0 aliphatic heterocycles. The Morgan fingerprint density at radius 2 is 2.13 bits per heavy atom. The van der Waals surface area contributed by atoms with Crippen LogP contribution in [-0.4, -0.2) is 0 Å². The number of unbranched alkanes of at least 4 members (excludes halogenated alkanes) is 1. The zero-order valence-corrected chi connectivity index (χ0v) is 11.1. The molecule has 0 spiro atoms. The second kappa shape index (κ2) is 6.17. The van der Waals surface area contributed by atoms with Crippen LogP contribution in [0.4, 0.5) is 0 Å². The van der Waals surface area contributed by atoms with Crippen LogP contribution in [0.2, 0.25) is 0 Å². The molecule has 0 nitrogen and oxygen atoms in total. The van der Waals surface area contributed by atoms with Crippen LogP contribution in [0.15, 0.2) is 12.2 Å². The van der Waals surface area contributed by atoms with Crippen LogP contribution in [-0.2, 0) is 0 Å². The van der Waals surface area contributed by atoms with E-state index in [9.17, 15) is 0 Å². The van der Waals surface area contributed by atoms with Gasteiger partial charge in [-0.15, -0.1) is 0 Å². The van der Waals surface area contributed by atoms with Crippen molar-refractivity contribution in [3.63, 3.8) is 0 Å². The van der Waals surface area contributed by atoms with Crippen LogP contribution in [0, 0.1) is 24.2 Å². The van der Waals surface area contributed by atoms with Crippen molar-refractivity contribution < 1.29 is 18.9 Å². The third-order valence-electron chi connectivity index (χ3n) is 3.77. The Morgan fingerprint density at radius 3 is 2.60 bits per heavy atom. The molecule has 0 heterocycles. The van der Waals surface area contributed by atoms with E-state index < -0.39 is 0 Å². The van der Waals surface area contributed by atoms with Crippen molar-refractivity contribution in [2.45, 2.75) is 52.9 Å². The second-order valence-corrected chi connectivity index (χ2v) is 5.42. The quantitative estimate of drug-likeness (QED) is 0.367. The number of hydrogen-bond acceptors (Lipinski definition) is 0. The van der Waals surface area contributed by atoms with Gasteiger partial charge < -0.3 is 6.92 Å². The van der Waals surface area contributed by atoms with Gasteiger partial charge in [-0.05, 0) is 25.2 Å². The average molecular weight is 200 g/mol. The molecule has 0 N–H and O–H groups in total. The Kier molecular flexibility index (Phi) is 6.30. The molecule has 1 saturated carbocycles. The van der Waals surface area contributed by atoms with E-state index in [0.717, 1.165) is 5.92 Å². The van der Waals surface area contributed by atoms with E-state index in [1.54, 1.807) is 0 Å². The first kappa shape index (κ1) is 15.3. The van der Waals surface area contributed by atoms with Gasteiger partial charge >= 0.3 is 18.9 Å². The Balaban J connectivity index is 0.00000196. The summed E-state index contributed by atoms with van der Waals surface area (Å²) in [6, 6.07) is 0. The fourth-order valence-corrected chi connectivity index (χ4v) is 3.18. The van der Waals surface area contributed by atoms with E-state index in [1.165, 1.54) is 37.7 Å². The molecule has 82 valence electrons. The van der Waals surface area contributed by atoms with E-state index in [-0.39, 0.29) is 24.3 Å². The van der Waals surface area contributed by atoms with Gasteiger partial charge in [0.1, 0.15) is 0 Å². The number of allylic oxidation sites excluding steroid dienone is 1. The number of hydrogen-bond donors (Lipinski definition) is 0. The Morgan fingerprint density at radius 1 is 1.53 bits per heavy atom. The molecule has 1 heteroatoms. The summed E-state index contributed by atoms with van der Waals surface area (Å²) in [5, 5.41) is 0. The molecule has 0 amide bonds. The van der Waals surface area contributed by atoms with Crippen molar-refractivity contribution in [3.8, 4) is 0 Å². The molecule has 0 aromatic rings. The molecule has 0 radical (unpaired) electrons. The summed E-state index contributed by atoms with van der Waals surface area (Å²) in [6.07, 6.45) is 6.69. The number of rotatable bonds is 4. The average Bonchev–Trinajstić information content (AvgIpc) is 2.37. The molecule has 1 rings (SSSR count). The van der Waals surface area contributed by atoms with Crippen LogP contribution in [0.1, 0.15) is 52.9 Å². The fraction of sp³-hybridized carbons (Fsp3) is 0.786. The van der Waals surface area contributed by atoms with Crippen molar-refractivity contribution in [2.75, 3.05) is 0 Å². The van der Waals surface area contributed by atoms with Gasteiger partial charge in [0.05, 0.1) is 0 Å². The maximum atomic E-state index is 4.37. The van der Waals surface area contributed by atoms with Gasteiger partial charge in [-0.3, -0.25) is 0 Å². The molecule has 0 bridgehead atoms. The summed E-state index contributed by atoms with van der Waals surface area (Å²) in [6.45, 7) is 15.3. The van der Waals surface area contributed by atoms with Crippen LogP contribution >= 0.6 is 0 Å². The van der Waals surface area contributed by atoms with Gasteiger partial charge in [-0.25, -0.2) is 0 Å². The normalized spacial score (nSPS) is 34.9. The molecule has 1 aliphatic rings. The van der Waals surface area contributed by atoms with Gasteiger partial charge in [0.25, 0.3) is 0 Å². The topological polar surface area (TPSA) is 0 Å². The van der Waals surface area contributed by atoms with Crippen molar-refractivity contribution in [3.05, 3.63) is 19.1 Å². The summed E-state index contributed by atoms with van der Waals surface area (Å²) in [5.74, 6) is 1.52. The molecular weight excluding hydrogens is 175 g/mol. The Bertz CT molecular complexity index is 205. The summed E-state index contributed by atoms with van der Waals surface area (Å²) < 4.78 is 0. The van der Waals surface area contributed by atoms with Crippen LogP contribution in [0.3, 0.4) is 0 Å². The molecule has 15 heavy (non-hydrogen) atoms.